The Labute approximate surface area is 238 Å². The number of benzene rings is 3. The summed E-state index contributed by atoms with van der Waals surface area (Å²) >= 11 is 12.2. The standard InChI is InChI=1S/C31H27Cl2N3O3/c1-4-38-29-7-5-6-26(17-29)35-31(37)24(18-34)15-23-14-20(2)36(21(23)3)27-10-12-28(13-11-27)39-19-22-8-9-25(32)16-30(22)33/h5-17H,4,19H2,1-3H3,(H,35,37)/b24-15-. The highest BCUT2D eigenvalue weighted by Gasteiger charge is 2.15. The van der Waals surface area contributed by atoms with Crippen LogP contribution in [-0.4, -0.2) is 17.1 Å². The quantitative estimate of drug-likeness (QED) is 0.167. The van der Waals surface area contributed by atoms with E-state index in [-0.39, 0.29) is 5.57 Å². The molecule has 0 aliphatic carbocycles. The summed E-state index contributed by atoms with van der Waals surface area (Å²) in [5.41, 5.74) is 4.96. The Morgan fingerprint density at radius 2 is 1.77 bits per heavy atom. The maximum atomic E-state index is 12.9. The molecule has 1 heterocycles. The van der Waals surface area contributed by atoms with Gasteiger partial charge in [-0.3, -0.25) is 4.79 Å². The Bertz CT molecular complexity index is 1570. The third-order valence-corrected chi connectivity index (χ3v) is 6.63. The smallest absolute Gasteiger partial charge is 0.266 e. The van der Waals surface area contributed by atoms with E-state index in [2.05, 4.69) is 9.88 Å². The van der Waals surface area contributed by atoms with Crippen LogP contribution >= 0.6 is 23.2 Å². The van der Waals surface area contributed by atoms with Crippen molar-refractivity contribution in [3.8, 4) is 23.3 Å². The van der Waals surface area contributed by atoms with Crippen LogP contribution in [0.1, 0.15) is 29.4 Å². The lowest BCUT2D eigenvalue weighted by Crippen LogP contribution is -2.13. The topological polar surface area (TPSA) is 76.3 Å². The zero-order valence-corrected chi connectivity index (χ0v) is 23.3. The minimum atomic E-state index is -0.488. The van der Waals surface area contributed by atoms with E-state index in [1.54, 1.807) is 36.4 Å². The SMILES string of the molecule is CCOc1cccc(NC(=O)/C(C#N)=C\c2cc(C)n(-c3ccc(OCc4ccc(Cl)cc4Cl)cc3)c2C)c1. The molecule has 0 spiro atoms. The van der Waals surface area contributed by atoms with E-state index in [9.17, 15) is 10.1 Å². The molecule has 3 aromatic carbocycles. The van der Waals surface area contributed by atoms with Gasteiger partial charge in [-0.1, -0.05) is 35.3 Å². The maximum Gasteiger partial charge on any atom is 0.266 e. The molecule has 0 unspecified atom stereocenters. The van der Waals surface area contributed by atoms with Crippen molar-refractivity contribution >= 4 is 40.9 Å². The number of anilines is 1. The first-order valence-corrected chi connectivity index (χ1v) is 13.1. The number of hydrogen-bond donors (Lipinski definition) is 1. The van der Waals surface area contributed by atoms with Crippen LogP contribution < -0.4 is 14.8 Å². The van der Waals surface area contributed by atoms with Gasteiger partial charge in [-0.2, -0.15) is 5.26 Å². The highest BCUT2D eigenvalue weighted by molar-refractivity contribution is 6.35. The molecule has 8 heteroatoms. The van der Waals surface area contributed by atoms with Gasteiger partial charge in [0.25, 0.3) is 5.91 Å². The van der Waals surface area contributed by atoms with E-state index in [4.69, 9.17) is 32.7 Å². The second-order valence-electron chi connectivity index (χ2n) is 8.76. The number of amides is 1. The van der Waals surface area contributed by atoms with Crippen LogP contribution in [0, 0.1) is 25.2 Å². The number of aryl methyl sites for hydroxylation is 1. The van der Waals surface area contributed by atoms with Crippen molar-refractivity contribution in [2.75, 3.05) is 11.9 Å². The lowest BCUT2D eigenvalue weighted by atomic mass is 10.1. The molecule has 1 aromatic heterocycles. The van der Waals surface area contributed by atoms with Crippen LogP contribution in [0.5, 0.6) is 11.5 Å². The normalized spacial score (nSPS) is 11.1. The Kier molecular flexibility index (Phi) is 8.98. The molecule has 1 N–H and O–H groups in total. The number of nitriles is 1. The number of halogens is 2. The molecular weight excluding hydrogens is 533 g/mol. The predicted octanol–water partition coefficient (Wildman–Crippen LogP) is 7.92. The van der Waals surface area contributed by atoms with Gasteiger partial charge in [-0.25, -0.2) is 0 Å². The molecule has 0 aliphatic rings. The zero-order valence-electron chi connectivity index (χ0n) is 21.8. The van der Waals surface area contributed by atoms with Gasteiger partial charge in [-0.05, 0) is 87.0 Å². The number of nitrogens with one attached hydrogen (secondary N) is 1. The molecule has 6 nitrogen and oxygen atoms in total. The maximum absolute atomic E-state index is 12.9. The summed E-state index contributed by atoms with van der Waals surface area (Å²) < 4.78 is 13.4. The Balaban J connectivity index is 1.50. The molecule has 0 radical (unpaired) electrons. The Hall–Kier alpha value is -4.18. The molecule has 4 rings (SSSR count). The number of aromatic nitrogens is 1. The van der Waals surface area contributed by atoms with Gasteiger partial charge in [0.1, 0.15) is 29.7 Å². The minimum absolute atomic E-state index is 0.00155. The van der Waals surface area contributed by atoms with E-state index >= 15 is 0 Å². The van der Waals surface area contributed by atoms with Crippen molar-refractivity contribution in [2.45, 2.75) is 27.4 Å². The van der Waals surface area contributed by atoms with Crippen LogP contribution in [0.15, 0.2) is 78.4 Å². The van der Waals surface area contributed by atoms with Gasteiger partial charge in [0.15, 0.2) is 0 Å². The van der Waals surface area contributed by atoms with Gasteiger partial charge < -0.3 is 19.4 Å². The molecule has 0 bridgehead atoms. The summed E-state index contributed by atoms with van der Waals surface area (Å²) in [6, 6.07) is 24.0. The van der Waals surface area contributed by atoms with Crippen LogP contribution in [0.3, 0.4) is 0 Å². The van der Waals surface area contributed by atoms with E-state index in [1.807, 2.05) is 69.3 Å². The Morgan fingerprint density at radius 3 is 2.46 bits per heavy atom. The number of ether oxygens (including phenoxy) is 2. The second kappa shape index (κ2) is 12.6. The number of nitrogens with zero attached hydrogens (tertiary/aromatic N) is 2. The molecule has 39 heavy (non-hydrogen) atoms. The summed E-state index contributed by atoms with van der Waals surface area (Å²) in [6.07, 6.45) is 1.61. The van der Waals surface area contributed by atoms with Crippen LogP contribution in [0.2, 0.25) is 10.0 Å². The van der Waals surface area contributed by atoms with Crippen LogP contribution in [0.25, 0.3) is 11.8 Å². The third kappa shape index (κ3) is 6.83. The molecule has 0 saturated heterocycles. The molecule has 198 valence electrons. The minimum Gasteiger partial charge on any atom is -0.494 e. The fraction of sp³-hybridized carbons (Fsp3) is 0.161. The zero-order chi connectivity index (χ0) is 27.9. The molecule has 0 aliphatic heterocycles. The molecule has 4 aromatic rings. The van der Waals surface area contributed by atoms with Crippen LogP contribution in [-0.2, 0) is 11.4 Å². The van der Waals surface area contributed by atoms with Gasteiger partial charge in [0.05, 0.1) is 6.61 Å². The molecule has 0 atom stereocenters. The fourth-order valence-electron chi connectivity index (χ4n) is 4.16. The molecular formula is C31H27Cl2N3O3. The second-order valence-corrected chi connectivity index (χ2v) is 9.61. The first kappa shape index (κ1) is 27.8. The summed E-state index contributed by atoms with van der Waals surface area (Å²) in [5.74, 6) is 0.856. The van der Waals surface area contributed by atoms with E-state index < -0.39 is 5.91 Å². The number of hydrogen-bond acceptors (Lipinski definition) is 4. The average Bonchev–Trinajstić information content (AvgIpc) is 3.19. The van der Waals surface area contributed by atoms with E-state index in [0.717, 1.165) is 28.2 Å². The first-order valence-electron chi connectivity index (χ1n) is 12.3. The van der Waals surface area contributed by atoms with Crippen molar-refractivity contribution in [1.29, 1.82) is 5.26 Å². The molecule has 0 fully saturated rings. The van der Waals surface area contributed by atoms with Gasteiger partial charge in [0.2, 0.25) is 0 Å². The molecule has 0 saturated carbocycles. The summed E-state index contributed by atoms with van der Waals surface area (Å²) in [4.78, 5) is 12.9. The van der Waals surface area contributed by atoms with E-state index in [1.165, 1.54) is 0 Å². The van der Waals surface area contributed by atoms with Gasteiger partial charge in [-0.15, -0.1) is 0 Å². The van der Waals surface area contributed by atoms with E-state index in [0.29, 0.717) is 40.4 Å². The number of rotatable bonds is 9. The van der Waals surface area contributed by atoms with Crippen molar-refractivity contribution in [2.24, 2.45) is 0 Å². The Morgan fingerprint density at radius 1 is 1.00 bits per heavy atom. The predicted molar refractivity (Wildman–Crippen MR) is 156 cm³/mol. The number of carbonyl (C=O) groups is 1. The molecule has 1 amide bonds. The van der Waals surface area contributed by atoms with Gasteiger partial charge >= 0.3 is 0 Å². The highest BCUT2D eigenvalue weighted by atomic mass is 35.5. The monoisotopic (exact) mass is 559 g/mol. The largest absolute Gasteiger partial charge is 0.494 e. The highest BCUT2D eigenvalue weighted by Crippen LogP contribution is 2.26. The summed E-state index contributed by atoms with van der Waals surface area (Å²) in [6.45, 7) is 6.65. The van der Waals surface area contributed by atoms with Crippen LogP contribution in [0.4, 0.5) is 5.69 Å². The van der Waals surface area contributed by atoms with Crippen molar-refractivity contribution in [1.82, 2.24) is 4.57 Å². The third-order valence-electron chi connectivity index (χ3n) is 6.04. The average molecular weight is 560 g/mol. The first-order chi connectivity index (χ1) is 18.8. The summed E-state index contributed by atoms with van der Waals surface area (Å²) in [5, 5.41) is 13.6. The summed E-state index contributed by atoms with van der Waals surface area (Å²) in [7, 11) is 0. The lowest BCUT2D eigenvalue weighted by Gasteiger charge is -2.12. The van der Waals surface area contributed by atoms with Crippen molar-refractivity contribution in [3.63, 3.8) is 0 Å². The van der Waals surface area contributed by atoms with Gasteiger partial charge in [0, 0.05) is 44.4 Å². The van der Waals surface area contributed by atoms with Crippen molar-refractivity contribution in [3.05, 3.63) is 111 Å². The number of carbonyl (C=O) groups excluding carboxylic acids is 1. The fourth-order valence-corrected chi connectivity index (χ4v) is 4.62. The lowest BCUT2D eigenvalue weighted by molar-refractivity contribution is -0.112. The van der Waals surface area contributed by atoms with Crippen molar-refractivity contribution < 1.29 is 14.3 Å².